The molecule has 1 heterocycles. The number of nitrogen functional groups attached to an aromatic ring is 2. The van der Waals surface area contributed by atoms with Crippen molar-refractivity contribution in [3.8, 4) is 0 Å². The highest BCUT2D eigenvalue weighted by atomic mass is 35.5. The third-order valence-electron chi connectivity index (χ3n) is 3.00. The normalized spacial score (nSPS) is 12.5. The summed E-state index contributed by atoms with van der Waals surface area (Å²) in [6.07, 6.45) is 8.73. The predicted molar refractivity (Wildman–Crippen MR) is 80.0 cm³/mol. The Kier molecular flexibility index (Phi) is 7.48. The van der Waals surface area contributed by atoms with Crippen LogP contribution in [-0.2, 0) is 6.42 Å². The maximum Gasteiger partial charge on any atom is 0.225 e. The lowest BCUT2D eigenvalue weighted by atomic mass is 10.1. The molecule has 1 aromatic heterocycles. The van der Waals surface area contributed by atoms with Gasteiger partial charge in [-0.25, -0.2) is 0 Å². The maximum absolute atomic E-state index is 6.23. The molecule has 0 aliphatic carbocycles. The number of hydrogen-bond donors (Lipinski definition) is 2. The summed E-state index contributed by atoms with van der Waals surface area (Å²) in [5.41, 5.74) is 11.0. The molecule has 19 heavy (non-hydrogen) atoms. The summed E-state index contributed by atoms with van der Waals surface area (Å²) in [5, 5.41) is 0.323. The van der Waals surface area contributed by atoms with Gasteiger partial charge < -0.3 is 11.5 Å². The summed E-state index contributed by atoms with van der Waals surface area (Å²) in [4.78, 5) is 11.9. The van der Waals surface area contributed by atoms with Gasteiger partial charge in [0.25, 0.3) is 0 Å². The van der Waals surface area contributed by atoms with Gasteiger partial charge in [0.15, 0.2) is 0 Å². The van der Waals surface area contributed by atoms with Crippen molar-refractivity contribution < 1.29 is 0 Å². The first kappa shape index (κ1) is 16.0. The molecule has 6 heteroatoms. The van der Waals surface area contributed by atoms with E-state index in [0.29, 0.717) is 11.2 Å². The maximum atomic E-state index is 6.23. The van der Waals surface area contributed by atoms with Crippen LogP contribution in [0.5, 0.6) is 0 Å². The summed E-state index contributed by atoms with van der Waals surface area (Å²) in [6.45, 7) is 2.19. The summed E-state index contributed by atoms with van der Waals surface area (Å²) in [6, 6.07) is 0. The quantitative estimate of drug-likeness (QED) is 0.538. The number of unbranched alkanes of at least 4 members (excludes halogenated alkanes) is 3. The topological polar surface area (TPSA) is 90.7 Å². The molecular formula is C13H24ClN5. The highest BCUT2D eigenvalue weighted by molar-refractivity contribution is 6.20. The number of aryl methyl sites for hydroxylation is 1. The van der Waals surface area contributed by atoms with Crippen molar-refractivity contribution in [3.63, 3.8) is 0 Å². The van der Waals surface area contributed by atoms with Gasteiger partial charge in [-0.3, -0.25) is 0 Å². The van der Waals surface area contributed by atoms with E-state index in [1.165, 1.54) is 12.8 Å². The van der Waals surface area contributed by atoms with E-state index in [0.717, 1.165) is 38.5 Å². The minimum atomic E-state index is 0.197. The lowest BCUT2D eigenvalue weighted by molar-refractivity contribution is 0.577. The van der Waals surface area contributed by atoms with Gasteiger partial charge in [0.1, 0.15) is 5.82 Å². The number of nitrogens with two attached hydrogens (primary N) is 2. The van der Waals surface area contributed by atoms with E-state index in [9.17, 15) is 0 Å². The van der Waals surface area contributed by atoms with Gasteiger partial charge in [0.2, 0.25) is 11.9 Å². The van der Waals surface area contributed by atoms with Crippen LogP contribution in [0.15, 0.2) is 0 Å². The van der Waals surface area contributed by atoms with E-state index in [-0.39, 0.29) is 11.9 Å². The van der Waals surface area contributed by atoms with Crippen LogP contribution in [0.1, 0.15) is 57.7 Å². The zero-order valence-electron chi connectivity index (χ0n) is 11.6. The number of anilines is 2. The Hall–Kier alpha value is -1.10. The first-order chi connectivity index (χ1) is 9.11. The van der Waals surface area contributed by atoms with E-state index in [1.807, 2.05) is 0 Å². The standard InChI is InChI=1S/C13H24ClN5/c1-2-3-7-10(14)8-5-4-6-9-11-17-12(15)19-13(16)18-11/h10H,2-9H2,1H3,(H4,15,16,17,18,19). The van der Waals surface area contributed by atoms with Gasteiger partial charge in [-0.1, -0.05) is 32.6 Å². The molecule has 0 aliphatic heterocycles. The van der Waals surface area contributed by atoms with Crippen molar-refractivity contribution in [3.05, 3.63) is 5.82 Å². The van der Waals surface area contributed by atoms with E-state index >= 15 is 0 Å². The van der Waals surface area contributed by atoms with Crippen LogP contribution in [0.4, 0.5) is 11.9 Å². The van der Waals surface area contributed by atoms with Crippen LogP contribution in [0.25, 0.3) is 0 Å². The molecule has 1 atom stereocenters. The average Bonchev–Trinajstić information content (AvgIpc) is 2.34. The van der Waals surface area contributed by atoms with Gasteiger partial charge in [-0.15, -0.1) is 11.6 Å². The lowest BCUT2D eigenvalue weighted by Gasteiger charge is -2.08. The summed E-state index contributed by atoms with van der Waals surface area (Å²) in [5.74, 6) is 1.07. The van der Waals surface area contributed by atoms with Gasteiger partial charge in [0.05, 0.1) is 0 Å². The first-order valence-corrected chi connectivity index (χ1v) is 7.45. The minimum absolute atomic E-state index is 0.197. The second kappa shape index (κ2) is 8.91. The smallest absolute Gasteiger partial charge is 0.225 e. The molecule has 108 valence electrons. The Labute approximate surface area is 120 Å². The van der Waals surface area contributed by atoms with E-state index in [2.05, 4.69) is 21.9 Å². The molecular weight excluding hydrogens is 262 g/mol. The number of nitrogens with zero attached hydrogens (tertiary/aromatic N) is 3. The second-order valence-corrected chi connectivity index (χ2v) is 5.42. The number of alkyl halides is 1. The number of halogens is 1. The molecule has 5 nitrogen and oxygen atoms in total. The summed E-state index contributed by atoms with van der Waals surface area (Å²) < 4.78 is 0. The molecule has 1 rings (SSSR count). The van der Waals surface area contributed by atoms with Crippen LogP contribution < -0.4 is 11.5 Å². The van der Waals surface area contributed by atoms with Crippen LogP contribution in [-0.4, -0.2) is 20.3 Å². The molecule has 4 N–H and O–H groups in total. The van der Waals surface area contributed by atoms with Crippen LogP contribution in [0, 0.1) is 0 Å². The highest BCUT2D eigenvalue weighted by Crippen LogP contribution is 2.16. The molecule has 0 saturated carbocycles. The molecule has 0 fully saturated rings. The average molecular weight is 286 g/mol. The molecule has 0 saturated heterocycles. The van der Waals surface area contributed by atoms with E-state index in [1.54, 1.807) is 0 Å². The van der Waals surface area contributed by atoms with Gasteiger partial charge in [-0.05, 0) is 19.3 Å². The Balaban J connectivity index is 2.13. The molecule has 0 radical (unpaired) electrons. The van der Waals surface area contributed by atoms with E-state index in [4.69, 9.17) is 23.1 Å². The Morgan fingerprint density at radius 2 is 1.58 bits per heavy atom. The van der Waals surface area contributed by atoms with Crippen molar-refractivity contribution in [1.82, 2.24) is 15.0 Å². The Morgan fingerprint density at radius 3 is 2.21 bits per heavy atom. The fraction of sp³-hybridized carbons (Fsp3) is 0.769. The molecule has 1 unspecified atom stereocenters. The number of rotatable bonds is 9. The SMILES string of the molecule is CCCCC(Cl)CCCCCc1nc(N)nc(N)n1. The fourth-order valence-electron chi connectivity index (χ4n) is 1.96. The van der Waals surface area contributed by atoms with Crippen molar-refractivity contribution in [2.45, 2.75) is 63.7 Å². The lowest BCUT2D eigenvalue weighted by Crippen LogP contribution is -2.06. The predicted octanol–water partition coefficient (Wildman–Crippen LogP) is 2.94. The molecule has 1 aromatic rings. The van der Waals surface area contributed by atoms with Crippen LogP contribution in [0.3, 0.4) is 0 Å². The van der Waals surface area contributed by atoms with Crippen molar-refractivity contribution in [2.75, 3.05) is 11.5 Å². The summed E-state index contributed by atoms with van der Waals surface area (Å²) >= 11 is 6.23. The highest BCUT2D eigenvalue weighted by Gasteiger charge is 2.05. The molecule has 0 aromatic carbocycles. The van der Waals surface area contributed by atoms with E-state index < -0.39 is 0 Å². The van der Waals surface area contributed by atoms with Crippen molar-refractivity contribution in [2.24, 2.45) is 0 Å². The first-order valence-electron chi connectivity index (χ1n) is 7.01. The van der Waals surface area contributed by atoms with Gasteiger partial charge >= 0.3 is 0 Å². The molecule has 0 spiro atoms. The fourth-order valence-corrected chi connectivity index (χ4v) is 2.27. The second-order valence-electron chi connectivity index (χ2n) is 4.81. The summed E-state index contributed by atoms with van der Waals surface area (Å²) in [7, 11) is 0. The van der Waals surface area contributed by atoms with Gasteiger partial charge in [0, 0.05) is 11.8 Å². The Morgan fingerprint density at radius 1 is 0.947 bits per heavy atom. The largest absolute Gasteiger partial charge is 0.368 e. The zero-order chi connectivity index (χ0) is 14.1. The number of hydrogen-bond acceptors (Lipinski definition) is 5. The van der Waals surface area contributed by atoms with Crippen molar-refractivity contribution in [1.29, 1.82) is 0 Å². The zero-order valence-corrected chi connectivity index (χ0v) is 12.4. The minimum Gasteiger partial charge on any atom is -0.368 e. The van der Waals surface area contributed by atoms with Gasteiger partial charge in [-0.2, -0.15) is 15.0 Å². The Bertz CT molecular complexity index is 352. The number of aromatic nitrogens is 3. The van der Waals surface area contributed by atoms with Crippen LogP contribution >= 0.6 is 11.6 Å². The third kappa shape index (κ3) is 7.15. The van der Waals surface area contributed by atoms with Crippen LogP contribution in [0.2, 0.25) is 0 Å². The molecule has 0 amide bonds. The third-order valence-corrected chi connectivity index (χ3v) is 3.44. The monoisotopic (exact) mass is 285 g/mol. The van der Waals surface area contributed by atoms with Crippen molar-refractivity contribution >= 4 is 23.5 Å². The molecule has 0 aliphatic rings. The molecule has 0 bridgehead atoms.